The summed E-state index contributed by atoms with van der Waals surface area (Å²) in [6, 6.07) is 1.04. The van der Waals surface area contributed by atoms with Gasteiger partial charge >= 0.3 is 0 Å². The van der Waals surface area contributed by atoms with Crippen molar-refractivity contribution in [3.8, 4) is 0 Å². The zero-order valence-electron chi connectivity index (χ0n) is 8.82. The Morgan fingerprint density at radius 3 is 2.79 bits per heavy atom. The fourth-order valence-electron chi connectivity index (χ4n) is 1.70. The standard InChI is InChI=1S/C10H18N2OS/c1-7-8(2)13-6-5-12(7)10(14)11-9-3-4-9/h7-9H,3-6H2,1-2H3,(H,11,14). The van der Waals surface area contributed by atoms with Gasteiger partial charge in [-0.1, -0.05) is 0 Å². The van der Waals surface area contributed by atoms with Crippen LogP contribution in [0, 0.1) is 0 Å². The minimum absolute atomic E-state index is 0.280. The van der Waals surface area contributed by atoms with E-state index in [4.69, 9.17) is 17.0 Å². The van der Waals surface area contributed by atoms with Gasteiger partial charge in [-0.05, 0) is 38.9 Å². The molecule has 2 atom stereocenters. The number of thiocarbonyl (C=S) groups is 1. The van der Waals surface area contributed by atoms with Crippen LogP contribution in [-0.4, -0.2) is 41.4 Å². The summed E-state index contributed by atoms with van der Waals surface area (Å²) in [7, 11) is 0. The largest absolute Gasteiger partial charge is 0.375 e. The van der Waals surface area contributed by atoms with Crippen molar-refractivity contribution >= 4 is 17.3 Å². The minimum Gasteiger partial charge on any atom is -0.375 e. The highest BCUT2D eigenvalue weighted by atomic mass is 32.1. The number of hydrogen-bond donors (Lipinski definition) is 1. The maximum absolute atomic E-state index is 5.56. The Labute approximate surface area is 90.8 Å². The van der Waals surface area contributed by atoms with E-state index >= 15 is 0 Å². The summed E-state index contributed by atoms with van der Waals surface area (Å²) in [5.41, 5.74) is 0. The average molecular weight is 214 g/mol. The van der Waals surface area contributed by atoms with Crippen molar-refractivity contribution in [2.75, 3.05) is 13.2 Å². The Kier molecular flexibility index (Phi) is 2.93. The fraction of sp³-hybridized carbons (Fsp3) is 0.900. The highest BCUT2D eigenvalue weighted by molar-refractivity contribution is 7.80. The summed E-state index contributed by atoms with van der Waals surface area (Å²) in [5.74, 6) is 0. The SMILES string of the molecule is CC1OCCN(C(=S)NC2CC2)C1C. The van der Waals surface area contributed by atoms with Gasteiger partial charge in [0, 0.05) is 12.6 Å². The molecular weight excluding hydrogens is 196 g/mol. The third-order valence-electron chi connectivity index (χ3n) is 3.05. The third-order valence-corrected chi connectivity index (χ3v) is 3.40. The zero-order valence-corrected chi connectivity index (χ0v) is 9.64. The first-order chi connectivity index (χ1) is 6.68. The predicted octanol–water partition coefficient (Wildman–Crippen LogP) is 1.13. The first-order valence-corrected chi connectivity index (χ1v) is 5.78. The van der Waals surface area contributed by atoms with E-state index in [2.05, 4.69) is 24.1 Å². The molecule has 0 radical (unpaired) electrons. The molecule has 0 aromatic heterocycles. The van der Waals surface area contributed by atoms with Crippen molar-refractivity contribution in [2.45, 2.75) is 44.9 Å². The molecule has 1 saturated heterocycles. The summed E-state index contributed by atoms with van der Waals surface area (Å²) in [4.78, 5) is 2.25. The van der Waals surface area contributed by atoms with Crippen molar-refractivity contribution in [1.29, 1.82) is 0 Å². The molecule has 0 amide bonds. The van der Waals surface area contributed by atoms with Crippen molar-refractivity contribution in [2.24, 2.45) is 0 Å². The third kappa shape index (κ3) is 2.17. The van der Waals surface area contributed by atoms with Gasteiger partial charge in [0.05, 0.1) is 18.8 Å². The molecule has 4 heteroatoms. The second kappa shape index (κ2) is 4.03. The second-order valence-electron chi connectivity index (χ2n) is 4.23. The molecule has 0 aromatic carbocycles. The van der Waals surface area contributed by atoms with Crippen LogP contribution in [0.15, 0.2) is 0 Å². The van der Waals surface area contributed by atoms with E-state index in [-0.39, 0.29) is 6.10 Å². The average Bonchev–Trinajstić information content (AvgIpc) is 2.93. The lowest BCUT2D eigenvalue weighted by Gasteiger charge is -2.39. The zero-order chi connectivity index (χ0) is 10.1. The van der Waals surface area contributed by atoms with E-state index in [1.165, 1.54) is 12.8 Å². The normalized spacial score (nSPS) is 32.9. The molecule has 2 fully saturated rings. The van der Waals surface area contributed by atoms with E-state index in [9.17, 15) is 0 Å². The number of hydrogen-bond acceptors (Lipinski definition) is 2. The van der Waals surface area contributed by atoms with Crippen molar-refractivity contribution < 1.29 is 4.74 Å². The van der Waals surface area contributed by atoms with Crippen LogP contribution in [0.5, 0.6) is 0 Å². The van der Waals surface area contributed by atoms with E-state index in [1.54, 1.807) is 0 Å². The van der Waals surface area contributed by atoms with Gasteiger partial charge < -0.3 is 15.0 Å². The summed E-state index contributed by atoms with van der Waals surface area (Å²) >= 11 is 5.38. The van der Waals surface area contributed by atoms with Gasteiger partial charge in [-0.3, -0.25) is 0 Å². The highest BCUT2D eigenvalue weighted by Crippen LogP contribution is 2.20. The molecule has 0 spiro atoms. The van der Waals surface area contributed by atoms with Gasteiger partial charge in [0.1, 0.15) is 0 Å². The molecular formula is C10H18N2OS. The first-order valence-electron chi connectivity index (χ1n) is 5.37. The Morgan fingerprint density at radius 2 is 2.14 bits per heavy atom. The number of rotatable bonds is 1. The van der Waals surface area contributed by atoms with Crippen LogP contribution in [0.2, 0.25) is 0 Å². The lowest BCUT2D eigenvalue weighted by atomic mass is 10.1. The van der Waals surface area contributed by atoms with Crippen molar-refractivity contribution in [1.82, 2.24) is 10.2 Å². The molecule has 3 nitrogen and oxygen atoms in total. The van der Waals surface area contributed by atoms with Gasteiger partial charge in [0.2, 0.25) is 0 Å². The molecule has 0 bridgehead atoms. The van der Waals surface area contributed by atoms with Crippen molar-refractivity contribution in [3.05, 3.63) is 0 Å². The topological polar surface area (TPSA) is 24.5 Å². The van der Waals surface area contributed by atoms with Crippen LogP contribution < -0.4 is 5.32 Å². The summed E-state index contributed by atoms with van der Waals surface area (Å²) in [5, 5.41) is 4.29. The Bertz CT molecular complexity index is 230. The molecule has 1 aliphatic carbocycles. The van der Waals surface area contributed by atoms with Gasteiger partial charge in [-0.15, -0.1) is 0 Å². The van der Waals surface area contributed by atoms with Crippen LogP contribution in [-0.2, 0) is 4.74 Å². The molecule has 2 unspecified atom stereocenters. The van der Waals surface area contributed by atoms with Crippen LogP contribution in [0.25, 0.3) is 0 Å². The van der Waals surface area contributed by atoms with Gasteiger partial charge in [0.15, 0.2) is 5.11 Å². The van der Waals surface area contributed by atoms with Gasteiger partial charge in [-0.25, -0.2) is 0 Å². The monoisotopic (exact) mass is 214 g/mol. The molecule has 0 aromatic rings. The Morgan fingerprint density at radius 1 is 1.43 bits per heavy atom. The number of nitrogens with zero attached hydrogens (tertiary/aromatic N) is 1. The van der Waals surface area contributed by atoms with Gasteiger partial charge in [0.25, 0.3) is 0 Å². The van der Waals surface area contributed by atoms with Crippen LogP contribution in [0.3, 0.4) is 0 Å². The number of morpholine rings is 1. The molecule has 1 N–H and O–H groups in total. The number of ether oxygens (including phenoxy) is 1. The fourth-order valence-corrected chi connectivity index (χ4v) is 2.13. The number of nitrogens with one attached hydrogen (secondary N) is 1. The summed E-state index contributed by atoms with van der Waals surface area (Å²) in [6.07, 6.45) is 2.82. The summed E-state index contributed by atoms with van der Waals surface area (Å²) in [6.45, 7) is 5.99. The maximum Gasteiger partial charge on any atom is 0.169 e. The molecule has 2 aliphatic rings. The minimum atomic E-state index is 0.280. The highest BCUT2D eigenvalue weighted by Gasteiger charge is 2.30. The lowest BCUT2D eigenvalue weighted by Crippen LogP contribution is -2.54. The van der Waals surface area contributed by atoms with E-state index in [0.717, 1.165) is 18.3 Å². The molecule has 1 saturated carbocycles. The molecule has 1 heterocycles. The van der Waals surface area contributed by atoms with E-state index in [1.807, 2.05) is 0 Å². The van der Waals surface area contributed by atoms with E-state index < -0.39 is 0 Å². The first kappa shape index (κ1) is 10.2. The molecule has 2 rings (SSSR count). The van der Waals surface area contributed by atoms with Crippen LogP contribution >= 0.6 is 12.2 Å². The summed E-state index contributed by atoms with van der Waals surface area (Å²) < 4.78 is 5.56. The smallest absolute Gasteiger partial charge is 0.169 e. The molecule has 80 valence electrons. The maximum atomic E-state index is 5.56. The quantitative estimate of drug-likeness (QED) is 0.661. The lowest BCUT2D eigenvalue weighted by molar-refractivity contribution is -0.0287. The van der Waals surface area contributed by atoms with Gasteiger partial charge in [-0.2, -0.15) is 0 Å². The van der Waals surface area contributed by atoms with E-state index in [0.29, 0.717) is 12.1 Å². The van der Waals surface area contributed by atoms with Crippen molar-refractivity contribution in [3.63, 3.8) is 0 Å². The van der Waals surface area contributed by atoms with Crippen LogP contribution in [0.1, 0.15) is 26.7 Å². The Hall–Kier alpha value is -0.350. The molecule has 1 aliphatic heterocycles. The molecule has 14 heavy (non-hydrogen) atoms. The second-order valence-corrected chi connectivity index (χ2v) is 4.62. The Balaban J connectivity index is 1.90. The predicted molar refractivity (Wildman–Crippen MR) is 60.3 cm³/mol. The van der Waals surface area contributed by atoms with Crippen LogP contribution in [0.4, 0.5) is 0 Å².